The normalized spacial score (nSPS) is 18.4. The number of aliphatic imine (C=N–C) groups is 2. The van der Waals surface area contributed by atoms with E-state index in [0.29, 0.717) is 12.3 Å². The van der Waals surface area contributed by atoms with Crippen LogP contribution in [0.4, 0.5) is 0 Å². The van der Waals surface area contributed by atoms with E-state index in [2.05, 4.69) is 9.98 Å². The van der Waals surface area contributed by atoms with Gasteiger partial charge in [-0.1, -0.05) is 0 Å². The topological polar surface area (TPSA) is 77.4 Å². The molecule has 0 saturated carbocycles. The quantitative estimate of drug-likeness (QED) is 0.472. The molecule has 0 unspecified atom stereocenters. The molecule has 0 bridgehead atoms. The second-order valence-electron chi connectivity index (χ2n) is 5.27. The van der Waals surface area contributed by atoms with Crippen molar-refractivity contribution >= 4 is 30.3 Å². The van der Waals surface area contributed by atoms with Crippen LogP contribution in [-0.4, -0.2) is 107 Å². The Kier molecular flexibility index (Phi) is 6.70. The molecule has 0 fully saturated rings. The molecule has 11 heteroatoms. The summed E-state index contributed by atoms with van der Waals surface area (Å²) in [4.78, 5) is 12.5. The molecule has 0 saturated heterocycles. The zero-order chi connectivity index (χ0) is 16.8. The maximum atomic E-state index is 6.33. The van der Waals surface area contributed by atoms with Crippen molar-refractivity contribution in [3.05, 3.63) is 0 Å². The van der Waals surface area contributed by atoms with Crippen molar-refractivity contribution in [3.8, 4) is 0 Å². The van der Waals surface area contributed by atoms with Gasteiger partial charge in [0.1, 0.15) is 0 Å². The molecule has 23 heavy (non-hydrogen) atoms. The number of hydrogen-bond acceptors (Lipinski definition) is 9. The van der Waals surface area contributed by atoms with Crippen LogP contribution in [0.15, 0.2) is 9.98 Å². The summed E-state index contributed by atoms with van der Waals surface area (Å²) < 4.78 is 29.1. The summed E-state index contributed by atoms with van der Waals surface area (Å²) in [5.41, 5.74) is 0. The molecule has 0 amide bonds. The maximum Gasteiger partial charge on any atom is 0.513 e. The lowest BCUT2D eigenvalue weighted by Gasteiger charge is -2.38. The third-order valence-corrected chi connectivity index (χ3v) is 10.4. The van der Waals surface area contributed by atoms with Crippen LogP contribution in [0, 0.1) is 0 Å². The molecule has 0 atom stereocenters. The molecular formula is C12H26N4O5Si2. The van der Waals surface area contributed by atoms with Crippen LogP contribution in [0.1, 0.15) is 0 Å². The highest BCUT2D eigenvalue weighted by Crippen LogP contribution is 2.20. The Hall–Kier alpha value is -0.826. The van der Waals surface area contributed by atoms with Gasteiger partial charge in [-0.05, 0) is 0 Å². The largest absolute Gasteiger partial charge is 0.513 e. The predicted molar refractivity (Wildman–Crippen MR) is 90.5 cm³/mol. The van der Waals surface area contributed by atoms with Crippen molar-refractivity contribution in [3.63, 3.8) is 0 Å². The second-order valence-corrected chi connectivity index (χ2v) is 11.1. The Labute approximate surface area is 139 Å². The average Bonchev–Trinajstić information content (AvgIpc) is 3.27. The van der Waals surface area contributed by atoms with E-state index < -0.39 is 17.6 Å². The molecular weight excluding hydrogens is 336 g/mol. The lowest BCUT2D eigenvalue weighted by molar-refractivity contribution is 0.0767. The summed E-state index contributed by atoms with van der Waals surface area (Å²) in [7, 11) is 0.443. The SMILES string of the molecule is CO[Si](CN1C=NCC1)(OC)O[Si](CN1C=NCC1)(OC)OC. The maximum absolute atomic E-state index is 6.33. The monoisotopic (exact) mass is 362 g/mol. The molecule has 0 aliphatic carbocycles. The molecule has 2 heterocycles. The summed E-state index contributed by atoms with van der Waals surface area (Å²) in [6, 6.07) is 0. The number of hydrogen-bond donors (Lipinski definition) is 0. The van der Waals surface area contributed by atoms with Gasteiger partial charge in [0.2, 0.25) is 0 Å². The highest BCUT2D eigenvalue weighted by molar-refractivity contribution is 6.75. The summed E-state index contributed by atoms with van der Waals surface area (Å²) in [5, 5.41) is 0. The first kappa shape index (κ1) is 18.5. The number of nitrogens with zero attached hydrogens (tertiary/aromatic N) is 4. The van der Waals surface area contributed by atoms with Crippen molar-refractivity contribution in [2.45, 2.75) is 0 Å². The number of rotatable bonds is 10. The van der Waals surface area contributed by atoms with Gasteiger partial charge in [0, 0.05) is 41.5 Å². The van der Waals surface area contributed by atoms with Gasteiger partial charge in [0.15, 0.2) is 0 Å². The van der Waals surface area contributed by atoms with Crippen LogP contribution in [0.25, 0.3) is 0 Å². The van der Waals surface area contributed by atoms with Crippen LogP contribution < -0.4 is 0 Å². The minimum absolute atomic E-state index is 0.513. The van der Waals surface area contributed by atoms with Crippen molar-refractivity contribution < 1.29 is 21.8 Å². The van der Waals surface area contributed by atoms with Gasteiger partial charge >= 0.3 is 17.6 Å². The van der Waals surface area contributed by atoms with E-state index in [1.807, 2.05) is 9.80 Å². The Balaban J connectivity index is 2.11. The van der Waals surface area contributed by atoms with Gasteiger partial charge in [-0.2, -0.15) is 0 Å². The molecule has 0 N–H and O–H groups in total. The molecule has 2 aliphatic rings. The van der Waals surface area contributed by atoms with Gasteiger partial charge < -0.3 is 31.6 Å². The van der Waals surface area contributed by atoms with E-state index in [1.54, 1.807) is 41.1 Å². The molecule has 2 aliphatic heterocycles. The summed E-state index contributed by atoms with van der Waals surface area (Å²) >= 11 is 0. The molecule has 9 nitrogen and oxygen atoms in total. The zero-order valence-corrected chi connectivity index (χ0v) is 16.2. The molecule has 132 valence electrons. The minimum Gasteiger partial charge on any atom is -0.376 e. The highest BCUT2D eigenvalue weighted by atomic mass is 28.5. The van der Waals surface area contributed by atoms with Crippen LogP contribution in [0.2, 0.25) is 0 Å². The van der Waals surface area contributed by atoms with Gasteiger partial charge in [0.25, 0.3) is 0 Å². The fraction of sp³-hybridized carbons (Fsp3) is 0.833. The first-order valence-electron chi connectivity index (χ1n) is 7.50. The third-order valence-electron chi connectivity index (χ3n) is 3.87. The first-order chi connectivity index (χ1) is 11.1. The smallest absolute Gasteiger partial charge is 0.376 e. The Morgan fingerprint density at radius 3 is 1.43 bits per heavy atom. The van der Waals surface area contributed by atoms with Crippen molar-refractivity contribution in [1.29, 1.82) is 0 Å². The summed E-state index contributed by atoms with van der Waals surface area (Å²) in [5.74, 6) is 0. The molecule has 2 rings (SSSR count). The van der Waals surface area contributed by atoms with Crippen LogP contribution in [-0.2, 0) is 21.8 Å². The Morgan fingerprint density at radius 2 is 1.17 bits per heavy atom. The molecule has 0 aromatic heterocycles. The fourth-order valence-corrected chi connectivity index (χ4v) is 8.53. The molecule has 0 aromatic carbocycles. The van der Waals surface area contributed by atoms with Crippen LogP contribution in [0.3, 0.4) is 0 Å². The lowest BCUT2D eigenvalue weighted by atomic mass is 10.6. The second kappa shape index (κ2) is 8.32. The van der Waals surface area contributed by atoms with E-state index >= 15 is 0 Å². The van der Waals surface area contributed by atoms with Crippen molar-refractivity contribution in [1.82, 2.24) is 9.80 Å². The van der Waals surface area contributed by atoms with Crippen molar-refractivity contribution in [2.24, 2.45) is 9.98 Å². The van der Waals surface area contributed by atoms with E-state index in [1.165, 1.54) is 0 Å². The highest BCUT2D eigenvalue weighted by Gasteiger charge is 2.54. The van der Waals surface area contributed by atoms with Crippen LogP contribution in [0.5, 0.6) is 0 Å². The lowest BCUT2D eigenvalue weighted by Crippen LogP contribution is -2.65. The van der Waals surface area contributed by atoms with Gasteiger partial charge in [-0.3, -0.25) is 9.98 Å². The minimum atomic E-state index is -2.98. The van der Waals surface area contributed by atoms with Gasteiger partial charge in [-0.25, -0.2) is 0 Å². The standard InChI is InChI=1S/C12H26N4O5Si2/c1-17-22(18-2,11-15-7-5-13-9-15)21-23(19-3,20-4)12-16-8-6-14-10-16/h9-10H,5-8,11-12H2,1-4H3. The Bertz CT molecular complexity index is 394. The van der Waals surface area contributed by atoms with Gasteiger partial charge in [-0.15, -0.1) is 0 Å². The summed E-state index contributed by atoms with van der Waals surface area (Å²) in [6.07, 6.45) is 4.64. The zero-order valence-electron chi connectivity index (χ0n) is 14.2. The predicted octanol–water partition coefficient (Wildman–Crippen LogP) is -0.767. The fourth-order valence-electron chi connectivity index (χ4n) is 2.46. The van der Waals surface area contributed by atoms with E-state index in [9.17, 15) is 0 Å². The Morgan fingerprint density at radius 1 is 0.783 bits per heavy atom. The van der Waals surface area contributed by atoms with E-state index in [0.717, 1.165) is 26.2 Å². The van der Waals surface area contributed by atoms with Gasteiger partial charge in [0.05, 0.1) is 38.1 Å². The average molecular weight is 363 g/mol. The van der Waals surface area contributed by atoms with Crippen LogP contribution >= 0.6 is 0 Å². The first-order valence-corrected chi connectivity index (χ1v) is 11.4. The van der Waals surface area contributed by atoms with Crippen molar-refractivity contribution in [2.75, 3.05) is 67.0 Å². The molecule has 0 aromatic rings. The summed E-state index contributed by atoms with van der Waals surface area (Å²) in [6.45, 7) is 3.22. The third kappa shape index (κ3) is 4.59. The molecule has 0 spiro atoms. The van der Waals surface area contributed by atoms with E-state index in [4.69, 9.17) is 21.8 Å². The van der Waals surface area contributed by atoms with E-state index in [-0.39, 0.29) is 0 Å². The molecule has 0 radical (unpaired) electrons.